The maximum absolute atomic E-state index is 13.8. The third kappa shape index (κ3) is 25.8. The number of rotatable bonds is 46. The molecule has 4 aromatic carbocycles. The highest BCUT2D eigenvalue weighted by Crippen LogP contribution is 2.26. The summed E-state index contributed by atoms with van der Waals surface area (Å²) in [6.07, 6.45) is 4.26. The van der Waals surface area contributed by atoms with Crippen molar-refractivity contribution < 1.29 is 65.5 Å². The van der Waals surface area contributed by atoms with Crippen LogP contribution in [-0.4, -0.2) is 166 Å². The summed E-state index contributed by atoms with van der Waals surface area (Å²) < 4.78 is 75.1. The number of ether oxygens (including phenoxy) is 8. The lowest BCUT2D eigenvalue weighted by molar-refractivity contribution is -0.119. The van der Waals surface area contributed by atoms with Crippen molar-refractivity contribution in [1.29, 1.82) is 5.26 Å². The first-order valence-corrected chi connectivity index (χ1v) is 34.4. The molecule has 0 spiro atoms. The van der Waals surface area contributed by atoms with E-state index in [1.165, 1.54) is 21.3 Å². The molecule has 3 N–H and O–H groups in total. The Balaban J connectivity index is 0.678. The molecular formula is C71H87N7O16S2. The molecule has 2 atom stereocenters. The molecule has 2 unspecified atom stereocenters. The van der Waals surface area contributed by atoms with E-state index in [0.29, 0.717) is 178 Å². The molecule has 0 aliphatic carbocycles. The number of aromatic nitrogens is 2. The van der Waals surface area contributed by atoms with Gasteiger partial charge in [-0.25, -0.2) is 18.1 Å². The Kier molecular flexibility index (Phi) is 34.5. The van der Waals surface area contributed by atoms with Gasteiger partial charge in [-0.2, -0.15) is 5.26 Å². The van der Waals surface area contributed by atoms with Gasteiger partial charge in [0.1, 0.15) is 11.3 Å². The summed E-state index contributed by atoms with van der Waals surface area (Å²) in [5.41, 5.74) is 3.36. The van der Waals surface area contributed by atoms with Gasteiger partial charge >= 0.3 is 6.03 Å². The standard InChI is InChI=1S/C71H87N7O16S2/c1-52-13-9-15-58(47-52)77-54(3)66(96(86)62-26-22-57(73-5)23-27-62)49-63(69(77)82)65(80)19-12-32-88-36-40-92-44-46-94-42-38-90-34-30-76-71(84)75-28-8-6-7-17-60(79)18-11-31-87-35-39-91-43-45-93-41-37-89-33-29-74-68(81)64-50-67(95(85)61-24-20-56(51-72)21-25-61)55(4)78(70(64)83)59-16-10-14-53(2)48-59/h9-10,13-16,20-27,47-50H,6-8,11-12,17-19,28-46H2,1-4H3,(H,74,81)(H2,75,76,84). The minimum absolute atomic E-state index is 0.0496. The third-order valence-electron chi connectivity index (χ3n) is 14.8. The number of pyridine rings is 2. The number of nitrogens with zero attached hydrogens (tertiary/aromatic N) is 4. The molecule has 2 heterocycles. The van der Waals surface area contributed by atoms with Gasteiger partial charge in [-0.3, -0.25) is 33.1 Å². The van der Waals surface area contributed by atoms with Crippen LogP contribution in [0, 0.1) is 45.6 Å². The number of Topliss-reactive ketones (excluding diaryl/α,β-unsaturated/α-hetero) is 2. The number of nitriles is 1. The number of hydrogen-bond acceptors (Lipinski definition) is 17. The molecule has 514 valence electrons. The first kappa shape index (κ1) is 76.8. The van der Waals surface area contributed by atoms with E-state index in [-0.39, 0.29) is 61.5 Å². The lowest BCUT2D eigenvalue weighted by Crippen LogP contribution is -2.37. The molecule has 2 aromatic heterocycles. The number of hydrogen-bond donors (Lipinski definition) is 3. The second-order valence-corrected chi connectivity index (χ2v) is 25.0. The lowest BCUT2D eigenvalue weighted by Gasteiger charge is -2.17. The van der Waals surface area contributed by atoms with Crippen molar-refractivity contribution in [2.75, 3.05) is 125 Å². The van der Waals surface area contributed by atoms with Gasteiger partial charge in [0.25, 0.3) is 17.0 Å². The number of urea groups is 1. The van der Waals surface area contributed by atoms with Crippen molar-refractivity contribution in [3.8, 4) is 17.4 Å². The van der Waals surface area contributed by atoms with Crippen molar-refractivity contribution in [3.63, 3.8) is 0 Å². The van der Waals surface area contributed by atoms with Crippen molar-refractivity contribution >= 4 is 50.8 Å². The van der Waals surface area contributed by atoms with Crippen LogP contribution in [0.2, 0.25) is 0 Å². The Morgan fingerprint density at radius 2 is 0.896 bits per heavy atom. The van der Waals surface area contributed by atoms with E-state index in [1.807, 2.05) is 50.2 Å². The number of benzene rings is 4. The first-order valence-electron chi connectivity index (χ1n) is 32.1. The number of carbonyl (C=O) groups is 4. The van der Waals surface area contributed by atoms with Crippen LogP contribution in [0.15, 0.2) is 138 Å². The zero-order valence-corrected chi connectivity index (χ0v) is 56.8. The fraction of sp³-hybridized carbons (Fsp3) is 0.437. The van der Waals surface area contributed by atoms with Crippen LogP contribution in [0.5, 0.6) is 0 Å². The average Bonchev–Trinajstić information content (AvgIpc) is 0.780. The molecule has 6 rings (SSSR count). The molecule has 0 saturated heterocycles. The number of nitrogens with one attached hydrogen (secondary N) is 3. The van der Waals surface area contributed by atoms with Crippen LogP contribution < -0.4 is 27.1 Å². The molecule has 0 saturated carbocycles. The zero-order chi connectivity index (χ0) is 68.9. The lowest BCUT2D eigenvalue weighted by atomic mass is 10.1. The summed E-state index contributed by atoms with van der Waals surface area (Å²) in [7, 11) is -3.49. The monoisotopic (exact) mass is 1360 g/mol. The zero-order valence-electron chi connectivity index (χ0n) is 55.1. The molecule has 96 heavy (non-hydrogen) atoms. The van der Waals surface area contributed by atoms with Crippen molar-refractivity contribution in [3.05, 3.63) is 181 Å². The van der Waals surface area contributed by atoms with Gasteiger partial charge in [-0.1, -0.05) is 55.0 Å². The maximum atomic E-state index is 13.8. The third-order valence-corrected chi connectivity index (χ3v) is 17.8. The molecule has 0 bridgehead atoms. The van der Waals surface area contributed by atoms with Gasteiger partial charge in [0.05, 0.1) is 148 Å². The van der Waals surface area contributed by atoms with Gasteiger partial charge in [-0.05, 0) is 125 Å². The van der Waals surface area contributed by atoms with Crippen LogP contribution in [0.4, 0.5) is 10.5 Å². The number of ketones is 2. The molecule has 23 nitrogen and oxygen atoms in total. The van der Waals surface area contributed by atoms with E-state index < -0.39 is 38.6 Å². The van der Waals surface area contributed by atoms with Gasteiger partial charge in [0.2, 0.25) is 0 Å². The van der Waals surface area contributed by atoms with E-state index in [2.05, 4.69) is 20.8 Å². The predicted molar refractivity (Wildman–Crippen MR) is 363 cm³/mol. The Morgan fingerprint density at radius 1 is 0.479 bits per heavy atom. The van der Waals surface area contributed by atoms with Crippen LogP contribution in [-0.2, 0) is 64.3 Å². The number of unbranched alkanes of at least 4 members (excludes halogenated alkanes) is 2. The smallest absolute Gasteiger partial charge is 0.314 e. The minimum atomic E-state index is -1.76. The first-order chi connectivity index (χ1) is 46.6. The van der Waals surface area contributed by atoms with Crippen LogP contribution in [0.3, 0.4) is 0 Å². The van der Waals surface area contributed by atoms with E-state index in [9.17, 15) is 42.4 Å². The fourth-order valence-corrected chi connectivity index (χ4v) is 12.2. The fourth-order valence-electron chi connectivity index (χ4n) is 9.75. The SMILES string of the molecule is [C-]#[N+]c1ccc(S(=O)c2cc(C(=O)CCCOCCOCCOCCOCCNC(=O)NCCCCCC(=O)CCCOCCOCCOCCOCCNC(=O)c3cc(S(=O)c4ccc(C#N)cc4)c(C)n(-c4cccc(C)c4)c3=O)c(=O)n(-c3cccc(C)c3)c2C)cc1. The summed E-state index contributed by atoms with van der Waals surface area (Å²) in [5, 5.41) is 17.5. The maximum Gasteiger partial charge on any atom is 0.314 e. The van der Waals surface area contributed by atoms with E-state index in [0.717, 1.165) is 30.4 Å². The van der Waals surface area contributed by atoms with Gasteiger partial charge < -0.3 is 53.8 Å². The highest BCUT2D eigenvalue weighted by Gasteiger charge is 2.24. The van der Waals surface area contributed by atoms with Gasteiger partial charge in [-0.15, -0.1) is 0 Å². The highest BCUT2D eigenvalue weighted by atomic mass is 32.2. The highest BCUT2D eigenvalue weighted by molar-refractivity contribution is 7.85. The molecule has 0 fully saturated rings. The van der Waals surface area contributed by atoms with Crippen LogP contribution in [0.1, 0.15) is 100 Å². The quantitative estimate of drug-likeness (QED) is 0.0183. The average molecular weight is 1360 g/mol. The second-order valence-electron chi connectivity index (χ2n) is 22.1. The summed E-state index contributed by atoms with van der Waals surface area (Å²) in [6, 6.07) is 31.8. The normalized spacial score (nSPS) is 11.8. The summed E-state index contributed by atoms with van der Waals surface area (Å²) in [5.74, 6) is -0.835. The Hall–Kier alpha value is -8.18. The Morgan fingerprint density at radius 3 is 1.38 bits per heavy atom. The molecule has 0 aliphatic heterocycles. The summed E-state index contributed by atoms with van der Waals surface area (Å²) in [6.45, 7) is 20.7. The number of amides is 3. The van der Waals surface area contributed by atoms with Crippen LogP contribution >= 0.6 is 0 Å². The van der Waals surface area contributed by atoms with Crippen molar-refractivity contribution in [2.45, 2.75) is 98.6 Å². The predicted octanol–water partition coefficient (Wildman–Crippen LogP) is 8.71. The van der Waals surface area contributed by atoms with Gasteiger partial charge in [0, 0.05) is 84.7 Å². The molecule has 0 aliphatic rings. The summed E-state index contributed by atoms with van der Waals surface area (Å²) >= 11 is 0. The molecule has 0 radical (unpaired) electrons. The number of carbonyl (C=O) groups excluding carboxylic acids is 4. The second kappa shape index (κ2) is 43.1. The largest absolute Gasteiger partial charge is 0.379 e. The van der Waals surface area contributed by atoms with E-state index in [1.54, 1.807) is 80.6 Å². The minimum Gasteiger partial charge on any atom is -0.379 e. The topological polar surface area (TPSA) is 284 Å². The molecule has 6 aromatic rings. The van der Waals surface area contributed by atoms with Crippen LogP contribution in [0.25, 0.3) is 16.2 Å². The molecule has 25 heteroatoms. The van der Waals surface area contributed by atoms with Crippen molar-refractivity contribution in [1.82, 2.24) is 25.1 Å². The molecule has 3 amide bonds. The van der Waals surface area contributed by atoms with Crippen molar-refractivity contribution in [2.24, 2.45) is 0 Å². The van der Waals surface area contributed by atoms with E-state index >= 15 is 0 Å². The van der Waals surface area contributed by atoms with E-state index in [4.69, 9.17) is 44.5 Å². The molecular weight excluding hydrogens is 1270 g/mol. The Bertz CT molecular complexity index is 3510. The van der Waals surface area contributed by atoms with Gasteiger partial charge in [0.15, 0.2) is 11.5 Å². The summed E-state index contributed by atoms with van der Waals surface area (Å²) in [4.78, 5) is 83.9. The number of aryl methyl sites for hydroxylation is 2. The Labute approximate surface area is 565 Å².